The molecule has 4 N–H and O–H groups in total. The molecule has 104 valence electrons. The van der Waals surface area contributed by atoms with Crippen molar-refractivity contribution in [2.24, 2.45) is 5.73 Å². The van der Waals surface area contributed by atoms with Crippen molar-refractivity contribution in [3.63, 3.8) is 0 Å². The third kappa shape index (κ3) is 4.14. The number of carbonyl (C=O) groups is 2. The summed E-state index contributed by atoms with van der Waals surface area (Å²) in [5, 5.41) is 11.1. The molecular formula is C12H16N2O5. The van der Waals surface area contributed by atoms with Gasteiger partial charge in [-0.25, -0.2) is 0 Å². The number of carboxylic acids is 1. The van der Waals surface area contributed by atoms with Crippen molar-refractivity contribution in [3.05, 3.63) is 18.2 Å². The van der Waals surface area contributed by atoms with Crippen molar-refractivity contribution in [1.82, 2.24) is 0 Å². The molecular weight excluding hydrogens is 252 g/mol. The minimum absolute atomic E-state index is 0.302. The van der Waals surface area contributed by atoms with Gasteiger partial charge in [-0.3, -0.25) is 9.59 Å². The number of anilines is 1. The second-order valence-electron chi connectivity index (χ2n) is 3.77. The molecule has 0 spiro atoms. The number of carbonyl (C=O) groups excluding carboxylic acids is 1. The van der Waals surface area contributed by atoms with Gasteiger partial charge in [-0.15, -0.1) is 0 Å². The lowest BCUT2D eigenvalue weighted by Crippen LogP contribution is -2.34. The average molecular weight is 268 g/mol. The summed E-state index contributed by atoms with van der Waals surface area (Å²) in [6, 6.07) is 3.60. The molecule has 1 amide bonds. The molecule has 0 aliphatic heterocycles. The predicted octanol–water partition coefficient (Wildman–Crippen LogP) is 0.444. The number of benzene rings is 1. The molecule has 1 aromatic carbocycles. The summed E-state index contributed by atoms with van der Waals surface area (Å²) in [6.07, 6.45) is -0.302. The molecule has 0 heterocycles. The molecule has 7 heteroatoms. The highest BCUT2D eigenvalue weighted by atomic mass is 16.5. The second kappa shape index (κ2) is 6.60. The van der Waals surface area contributed by atoms with E-state index in [1.165, 1.54) is 14.2 Å². The van der Waals surface area contributed by atoms with Crippen LogP contribution in [0.4, 0.5) is 5.69 Å². The van der Waals surface area contributed by atoms with E-state index in [-0.39, 0.29) is 6.42 Å². The molecule has 19 heavy (non-hydrogen) atoms. The van der Waals surface area contributed by atoms with Crippen LogP contribution < -0.4 is 20.5 Å². The van der Waals surface area contributed by atoms with Crippen LogP contribution in [-0.4, -0.2) is 37.2 Å². The highest BCUT2D eigenvalue weighted by Gasteiger charge is 2.16. The number of aliphatic carboxylic acids is 1. The SMILES string of the molecule is COc1ccc(NC(=O)CC(N)C(=O)O)cc1OC. The fourth-order valence-electron chi connectivity index (χ4n) is 1.41. The Morgan fingerprint density at radius 2 is 1.95 bits per heavy atom. The molecule has 7 nitrogen and oxygen atoms in total. The lowest BCUT2D eigenvalue weighted by atomic mass is 10.2. The fraction of sp³-hybridized carbons (Fsp3) is 0.333. The van der Waals surface area contributed by atoms with Gasteiger partial charge < -0.3 is 25.6 Å². The lowest BCUT2D eigenvalue weighted by molar-refractivity contribution is -0.140. The number of rotatable bonds is 6. The Hall–Kier alpha value is -2.28. The highest BCUT2D eigenvalue weighted by Crippen LogP contribution is 2.29. The molecule has 0 radical (unpaired) electrons. The Kier molecular flexibility index (Phi) is 5.13. The van der Waals surface area contributed by atoms with E-state index in [4.69, 9.17) is 20.3 Å². The molecule has 0 saturated carbocycles. The van der Waals surface area contributed by atoms with Crippen LogP contribution in [0.15, 0.2) is 18.2 Å². The van der Waals surface area contributed by atoms with Gasteiger partial charge in [0.05, 0.1) is 20.6 Å². The van der Waals surface area contributed by atoms with Crippen molar-refractivity contribution in [2.75, 3.05) is 19.5 Å². The smallest absolute Gasteiger partial charge is 0.321 e. The van der Waals surface area contributed by atoms with Gasteiger partial charge in [-0.1, -0.05) is 0 Å². The van der Waals surface area contributed by atoms with Gasteiger partial charge in [-0.05, 0) is 12.1 Å². The van der Waals surface area contributed by atoms with Crippen molar-refractivity contribution in [1.29, 1.82) is 0 Å². The van der Waals surface area contributed by atoms with Crippen LogP contribution in [-0.2, 0) is 9.59 Å². The van der Waals surface area contributed by atoms with Gasteiger partial charge >= 0.3 is 5.97 Å². The van der Waals surface area contributed by atoms with E-state index >= 15 is 0 Å². The normalized spacial score (nSPS) is 11.5. The van der Waals surface area contributed by atoms with E-state index in [9.17, 15) is 9.59 Å². The second-order valence-corrected chi connectivity index (χ2v) is 3.77. The van der Waals surface area contributed by atoms with Crippen LogP contribution in [0.3, 0.4) is 0 Å². The Morgan fingerprint density at radius 3 is 2.47 bits per heavy atom. The Balaban J connectivity index is 2.72. The number of nitrogens with two attached hydrogens (primary N) is 1. The molecule has 0 bridgehead atoms. The number of hydrogen-bond acceptors (Lipinski definition) is 5. The van der Waals surface area contributed by atoms with Gasteiger partial charge in [-0.2, -0.15) is 0 Å². The first-order valence-corrected chi connectivity index (χ1v) is 5.48. The van der Waals surface area contributed by atoms with Gasteiger partial charge in [0.1, 0.15) is 6.04 Å². The quantitative estimate of drug-likeness (QED) is 0.690. The van der Waals surface area contributed by atoms with E-state index in [0.29, 0.717) is 17.2 Å². The third-order valence-electron chi connectivity index (χ3n) is 2.39. The zero-order valence-corrected chi connectivity index (χ0v) is 10.7. The molecule has 0 fully saturated rings. The van der Waals surface area contributed by atoms with Crippen LogP contribution in [0.2, 0.25) is 0 Å². The zero-order chi connectivity index (χ0) is 14.4. The van der Waals surface area contributed by atoms with Gasteiger partial charge in [0.25, 0.3) is 0 Å². The van der Waals surface area contributed by atoms with E-state index in [1.807, 2.05) is 0 Å². The van der Waals surface area contributed by atoms with Crippen LogP contribution in [0.5, 0.6) is 11.5 Å². The van der Waals surface area contributed by atoms with Gasteiger partial charge in [0.2, 0.25) is 5.91 Å². The first kappa shape index (κ1) is 14.8. The number of hydrogen-bond donors (Lipinski definition) is 3. The maximum absolute atomic E-state index is 11.6. The number of nitrogens with one attached hydrogen (secondary N) is 1. The van der Waals surface area contributed by atoms with Crippen LogP contribution in [0.25, 0.3) is 0 Å². The predicted molar refractivity (Wildman–Crippen MR) is 68.4 cm³/mol. The Morgan fingerprint density at radius 1 is 1.32 bits per heavy atom. The molecule has 1 atom stereocenters. The number of carboxylic acid groups (broad SMARTS) is 1. The topological polar surface area (TPSA) is 111 Å². The van der Waals surface area contributed by atoms with Gasteiger partial charge in [0.15, 0.2) is 11.5 Å². The molecule has 1 aromatic rings. The summed E-state index contributed by atoms with van der Waals surface area (Å²) in [7, 11) is 2.98. The lowest BCUT2D eigenvalue weighted by Gasteiger charge is -2.11. The summed E-state index contributed by atoms with van der Waals surface area (Å²) < 4.78 is 10.1. The van der Waals surface area contributed by atoms with Crippen LogP contribution >= 0.6 is 0 Å². The minimum Gasteiger partial charge on any atom is -0.493 e. The summed E-state index contributed by atoms with van der Waals surface area (Å²) in [6.45, 7) is 0. The maximum atomic E-state index is 11.6. The molecule has 1 unspecified atom stereocenters. The summed E-state index contributed by atoms with van der Waals surface area (Å²) in [4.78, 5) is 22.1. The summed E-state index contributed by atoms with van der Waals surface area (Å²) >= 11 is 0. The van der Waals surface area contributed by atoms with Gasteiger partial charge in [0, 0.05) is 11.8 Å². The summed E-state index contributed by atoms with van der Waals surface area (Å²) in [5.74, 6) is -0.713. The van der Waals surface area contributed by atoms with Crippen molar-refractivity contribution >= 4 is 17.6 Å². The van der Waals surface area contributed by atoms with E-state index in [1.54, 1.807) is 18.2 Å². The molecule has 1 rings (SSSR count). The Labute approximate surface area is 110 Å². The zero-order valence-electron chi connectivity index (χ0n) is 10.7. The number of methoxy groups -OCH3 is 2. The summed E-state index contributed by atoms with van der Waals surface area (Å²) in [5.41, 5.74) is 5.74. The van der Waals surface area contributed by atoms with Crippen LogP contribution in [0.1, 0.15) is 6.42 Å². The molecule has 0 aliphatic carbocycles. The third-order valence-corrected chi connectivity index (χ3v) is 2.39. The van der Waals surface area contributed by atoms with Crippen molar-refractivity contribution < 1.29 is 24.2 Å². The van der Waals surface area contributed by atoms with E-state index < -0.39 is 17.9 Å². The first-order chi connectivity index (χ1) is 8.97. The monoisotopic (exact) mass is 268 g/mol. The highest BCUT2D eigenvalue weighted by molar-refractivity contribution is 5.94. The molecule has 0 saturated heterocycles. The number of ether oxygens (including phenoxy) is 2. The first-order valence-electron chi connectivity index (χ1n) is 5.48. The van der Waals surface area contributed by atoms with Crippen molar-refractivity contribution in [3.8, 4) is 11.5 Å². The number of amides is 1. The molecule has 0 aliphatic rings. The van der Waals surface area contributed by atoms with Crippen molar-refractivity contribution in [2.45, 2.75) is 12.5 Å². The minimum atomic E-state index is -1.22. The molecule has 0 aromatic heterocycles. The van der Waals surface area contributed by atoms with Crippen LogP contribution in [0, 0.1) is 0 Å². The maximum Gasteiger partial charge on any atom is 0.321 e. The van der Waals surface area contributed by atoms with E-state index in [2.05, 4.69) is 5.32 Å². The largest absolute Gasteiger partial charge is 0.493 e. The standard InChI is InChI=1S/C12H16N2O5/c1-18-9-4-3-7(5-10(9)19-2)14-11(15)6-8(13)12(16)17/h3-5,8H,6,13H2,1-2H3,(H,14,15)(H,16,17). The van der Waals surface area contributed by atoms with E-state index in [0.717, 1.165) is 0 Å². The Bertz CT molecular complexity index is 475. The fourth-order valence-corrected chi connectivity index (χ4v) is 1.41. The average Bonchev–Trinajstić information content (AvgIpc) is 2.38.